The molecule has 1 unspecified atom stereocenters. The Balaban J connectivity index is 0.000000151. The molecule has 0 aliphatic heterocycles. The molecule has 2 aliphatic rings. The molecule has 2 aliphatic carbocycles. The van der Waals surface area contributed by atoms with Crippen LogP contribution in [0.25, 0.3) is 11.1 Å². The number of aryl methyl sites for hydroxylation is 1. The summed E-state index contributed by atoms with van der Waals surface area (Å²) in [5.74, 6) is 1.98. The lowest BCUT2D eigenvalue weighted by Crippen LogP contribution is -2.03. The van der Waals surface area contributed by atoms with Crippen molar-refractivity contribution in [1.29, 1.82) is 0 Å². The monoisotopic (exact) mass is 288 g/mol. The fourth-order valence-corrected chi connectivity index (χ4v) is 2.78. The van der Waals surface area contributed by atoms with Crippen molar-refractivity contribution in [3.8, 4) is 22.6 Å². The summed E-state index contributed by atoms with van der Waals surface area (Å²) < 4.78 is 10.1. The van der Waals surface area contributed by atoms with Crippen LogP contribution in [0, 0.1) is 6.92 Å². The fourth-order valence-electron chi connectivity index (χ4n) is 2.11. The Kier molecular flexibility index (Phi) is 5.03. The van der Waals surface area contributed by atoms with Gasteiger partial charge in [0.1, 0.15) is 11.5 Å². The Morgan fingerprint density at radius 2 is 1.65 bits per heavy atom. The van der Waals surface area contributed by atoms with E-state index in [-0.39, 0.29) is 0 Å². The van der Waals surface area contributed by atoms with Gasteiger partial charge in [-0.1, -0.05) is 17.7 Å². The summed E-state index contributed by atoms with van der Waals surface area (Å²) in [6, 6.07) is 12.3. The normalized spacial score (nSPS) is 11.0. The molecule has 0 spiro atoms. The molecular formula is C17H21O2P. The molecule has 20 heavy (non-hydrogen) atoms. The third-order valence-electron chi connectivity index (χ3n) is 3.34. The molecule has 1 aromatic rings. The second-order valence-corrected chi connectivity index (χ2v) is 5.82. The summed E-state index contributed by atoms with van der Waals surface area (Å²) in [6.45, 7) is 4.29. The first-order valence-corrected chi connectivity index (χ1v) is 8.37. The Hall–Kier alpha value is -1.53. The van der Waals surface area contributed by atoms with Crippen molar-refractivity contribution in [1.82, 2.24) is 0 Å². The van der Waals surface area contributed by atoms with Gasteiger partial charge in [-0.15, -0.1) is 8.58 Å². The van der Waals surface area contributed by atoms with E-state index in [4.69, 9.17) is 9.47 Å². The second-order valence-electron chi connectivity index (χ2n) is 4.76. The zero-order valence-corrected chi connectivity index (χ0v) is 13.5. The highest BCUT2D eigenvalue weighted by Gasteiger charge is 2.22. The molecular weight excluding hydrogens is 267 g/mol. The van der Waals surface area contributed by atoms with E-state index in [1.807, 2.05) is 24.3 Å². The van der Waals surface area contributed by atoms with E-state index >= 15 is 0 Å². The highest BCUT2D eigenvalue weighted by Crippen LogP contribution is 2.48. The summed E-state index contributed by atoms with van der Waals surface area (Å²) in [6.07, 6.45) is 1.24. The lowest BCUT2D eigenvalue weighted by molar-refractivity contribution is 0.412. The Morgan fingerprint density at radius 1 is 0.950 bits per heavy atom. The van der Waals surface area contributed by atoms with Gasteiger partial charge >= 0.3 is 0 Å². The molecule has 0 amide bonds. The van der Waals surface area contributed by atoms with E-state index in [9.17, 15) is 0 Å². The fraction of sp³-hybridized carbons (Fsp3) is 0.294. The van der Waals surface area contributed by atoms with Gasteiger partial charge in [-0.2, -0.15) is 0 Å². The van der Waals surface area contributed by atoms with Crippen molar-refractivity contribution in [3.05, 3.63) is 47.5 Å². The van der Waals surface area contributed by atoms with Gasteiger partial charge in [0.05, 0.1) is 14.2 Å². The third-order valence-corrected chi connectivity index (χ3v) is 4.07. The third kappa shape index (κ3) is 3.13. The number of ether oxygens (including phenoxy) is 2. The van der Waals surface area contributed by atoms with Gasteiger partial charge in [-0.3, -0.25) is 0 Å². The summed E-state index contributed by atoms with van der Waals surface area (Å²) in [5.41, 5.74) is 5.55. The lowest BCUT2D eigenvalue weighted by atomic mass is 9.86. The quantitative estimate of drug-likeness (QED) is 0.659. The Labute approximate surface area is 122 Å². The van der Waals surface area contributed by atoms with E-state index in [2.05, 4.69) is 25.7 Å². The smallest absolute Gasteiger partial charge is 0.127 e. The zero-order chi connectivity index (χ0) is 14.5. The van der Waals surface area contributed by atoms with Crippen molar-refractivity contribution in [2.24, 2.45) is 0 Å². The minimum Gasteiger partial charge on any atom is -0.497 e. The first kappa shape index (κ1) is 14.9. The van der Waals surface area contributed by atoms with Crippen LogP contribution in [0.1, 0.15) is 11.1 Å². The van der Waals surface area contributed by atoms with Crippen LogP contribution < -0.4 is 9.47 Å². The van der Waals surface area contributed by atoms with Crippen LogP contribution in [-0.4, -0.2) is 20.9 Å². The topological polar surface area (TPSA) is 18.5 Å². The van der Waals surface area contributed by atoms with E-state index in [1.54, 1.807) is 14.2 Å². The van der Waals surface area contributed by atoms with Gasteiger partial charge < -0.3 is 9.47 Å². The average Bonchev–Trinajstić information content (AvgIpc) is 2.46. The molecule has 3 heteroatoms. The standard InChI is InChI=1S/C9H11OP.C8H10O/c1-10-9-4-7-6(5-11-2)3-8(7)9;1-7-3-5-8(9-2)6-4-7/h3-4,11H,5H2,1-2H3;3-6H,1-2H3. The van der Waals surface area contributed by atoms with Gasteiger partial charge in [0.2, 0.25) is 0 Å². The van der Waals surface area contributed by atoms with Gasteiger partial charge in [-0.05, 0) is 55.1 Å². The molecule has 0 radical (unpaired) electrons. The van der Waals surface area contributed by atoms with Gasteiger partial charge in [-0.25, -0.2) is 0 Å². The maximum atomic E-state index is 5.11. The molecule has 0 bridgehead atoms. The molecule has 1 aromatic carbocycles. The van der Waals surface area contributed by atoms with E-state index in [0.717, 1.165) is 20.1 Å². The van der Waals surface area contributed by atoms with Gasteiger partial charge in [0.25, 0.3) is 0 Å². The predicted molar refractivity (Wildman–Crippen MR) is 87.7 cm³/mol. The molecule has 0 fully saturated rings. The number of methoxy groups -OCH3 is 2. The molecule has 106 valence electrons. The van der Waals surface area contributed by atoms with Crippen molar-refractivity contribution >= 4 is 8.58 Å². The summed E-state index contributed by atoms with van der Waals surface area (Å²) in [7, 11) is 4.42. The average molecular weight is 288 g/mol. The van der Waals surface area contributed by atoms with Crippen LogP contribution in [0.5, 0.6) is 11.5 Å². The molecule has 1 atom stereocenters. The van der Waals surface area contributed by atoms with Crippen molar-refractivity contribution in [3.63, 3.8) is 0 Å². The maximum Gasteiger partial charge on any atom is 0.127 e. The zero-order valence-electron chi connectivity index (χ0n) is 12.5. The number of hydrogen-bond donors (Lipinski definition) is 0. The van der Waals surface area contributed by atoms with Crippen LogP contribution in [0.4, 0.5) is 0 Å². The van der Waals surface area contributed by atoms with E-state index < -0.39 is 0 Å². The minimum absolute atomic E-state index is 0.917. The van der Waals surface area contributed by atoms with E-state index in [0.29, 0.717) is 0 Å². The second kappa shape index (κ2) is 6.76. The maximum absolute atomic E-state index is 5.11. The van der Waals surface area contributed by atoms with E-state index in [1.165, 1.54) is 28.4 Å². The van der Waals surface area contributed by atoms with Crippen molar-refractivity contribution < 1.29 is 9.47 Å². The minimum atomic E-state index is 0.917. The van der Waals surface area contributed by atoms with Crippen LogP contribution in [0.3, 0.4) is 0 Å². The summed E-state index contributed by atoms with van der Waals surface area (Å²) in [4.78, 5) is 0. The highest BCUT2D eigenvalue weighted by molar-refractivity contribution is 7.36. The largest absolute Gasteiger partial charge is 0.497 e. The summed E-state index contributed by atoms with van der Waals surface area (Å²) in [5, 5.41) is 0. The van der Waals surface area contributed by atoms with Crippen LogP contribution in [-0.2, 0) is 6.16 Å². The molecule has 2 nitrogen and oxygen atoms in total. The Morgan fingerprint density at radius 3 is 2.10 bits per heavy atom. The first-order chi connectivity index (χ1) is 9.69. The summed E-state index contributed by atoms with van der Waals surface area (Å²) >= 11 is 0. The molecule has 0 aromatic heterocycles. The predicted octanol–water partition coefficient (Wildman–Crippen LogP) is 4.49. The number of hydrogen-bond acceptors (Lipinski definition) is 2. The lowest BCUT2D eigenvalue weighted by Gasteiger charge is -2.24. The van der Waals surface area contributed by atoms with Gasteiger partial charge in [0, 0.05) is 5.56 Å². The van der Waals surface area contributed by atoms with Crippen LogP contribution in [0.15, 0.2) is 36.4 Å². The molecule has 0 N–H and O–H groups in total. The number of benzene rings is 2. The Bertz CT molecular complexity index is 576. The molecule has 3 rings (SSSR count). The molecule has 0 saturated carbocycles. The highest BCUT2D eigenvalue weighted by atomic mass is 31.1. The van der Waals surface area contributed by atoms with Crippen molar-refractivity contribution in [2.45, 2.75) is 13.1 Å². The number of fused-ring (bicyclic) bond motifs is 1. The van der Waals surface area contributed by atoms with Crippen LogP contribution >= 0.6 is 8.58 Å². The van der Waals surface area contributed by atoms with Crippen molar-refractivity contribution in [2.75, 3.05) is 20.9 Å². The molecule has 0 saturated heterocycles. The SMILES string of the molecule is COc1cc2c(CPC)cc1-2.COc1ccc(C)cc1. The van der Waals surface area contributed by atoms with Gasteiger partial charge in [0.15, 0.2) is 0 Å². The first-order valence-electron chi connectivity index (χ1n) is 6.66. The number of rotatable bonds is 4. The molecule has 0 heterocycles. The van der Waals surface area contributed by atoms with Crippen LogP contribution in [0.2, 0.25) is 0 Å².